The molecule has 0 aliphatic carbocycles. The normalized spacial score (nSPS) is 14.6. The molecule has 0 N–H and O–H groups in total. The van der Waals surface area contributed by atoms with E-state index in [2.05, 4.69) is 171 Å². The van der Waals surface area contributed by atoms with Crippen LogP contribution in [0.4, 0.5) is 22.7 Å². The van der Waals surface area contributed by atoms with Crippen molar-refractivity contribution in [1.82, 2.24) is 0 Å². The summed E-state index contributed by atoms with van der Waals surface area (Å²) >= 11 is 0. The number of fused-ring (bicyclic) bond motifs is 2. The van der Waals surface area contributed by atoms with Crippen LogP contribution in [0.25, 0.3) is 5.32 Å². The zero-order valence-electron chi connectivity index (χ0n) is 29.3. The number of para-hydroxylation sites is 4. The van der Waals surface area contributed by atoms with Crippen LogP contribution in [0.5, 0.6) is 0 Å². The summed E-state index contributed by atoms with van der Waals surface area (Å²) in [4.78, 5) is 4.65. The van der Waals surface area contributed by atoms with Gasteiger partial charge in [-0.1, -0.05) is 165 Å². The standard InChI is InChI=1S/C27H37N2.C15H14N.Au/c1-18(2)22-11-9-12-23(19(3)4)26(22)28-15-16-29(17-28)27-24(20(5)6)13-10-14-25(27)21(7)8;1-15(2)11-7-3-5-9-13(11)16-14-10-6-4-8-12(14)15;/h9-21H,1-8H3;3-10H,1-2H3;/q2*-1;. The molecule has 3 nitrogen and oxygen atoms in total. The molecule has 4 aromatic carbocycles. The maximum Gasteiger partial charge on any atom is 0.0195 e. The van der Waals surface area contributed by atoms with Crippen LogP contribution >= 0.6 is 0 Å². The van der Waals surface area contributed by atoms with Gasteiger partial charge in [0.1, 0.15) is 0 Å². The second kappa shape index (κ2) is 14.7. The van der Waals surface area contributed by atoms with Gasteiger partial charge in [0.25, 0.3) is 0 Å². The number of rotatable bonds is 6. The minimum atomic E-state index is 0. The fourth-order valence-electron chi connectivity index (χ4n) is 6.71. The molecule has 0 spiro atoms. The van der Waals surface area contributed by atoms with Crippen molar-refractivity contribution in [2.75, 3.05) is 9.80 Å². The minimum absolute atomic E-state index is 0. The van der Waals surface area contributed by atoms with Crippen LogP contribution in [0.15, 0.2) is 97.3 Å². The quantitative estimate of drug-likeness (QED) is 0.143. The third kappa shape index (κ3) is 7.03. The second-order valence-corrected chi connectivity index (χ2v) is 14.2. The Balaban J connectivity index is 0.000000238. The number of hydrogen-bond donors (Lipinski definition) is 0. The Labute approximate surface area is 294 Å². The van der Waals surface area contributed by atoms with Crippen molar-refractivity contribution in [3.05, 3.63) is 143 Å². The Bertz CT molecular complexity index is 1490. The van der Waals surface area contributed by atoms with Crippen LogP contribution in [0.2, 0.25) is 0 Å². The Kier molecular flexibility index (Phi) is 11.4. The molecule has 0 saturated heterocycles. The monoisotopic (exact) mass is 794 g/mol. The fraction of sp³-hybridized carbons (Fsp3) is 0.357. The SMILES string of the molecule is CC(C)c1cccc(C(C)C)c1N1C=CN(c2c(C(C)C)cccc2C(C)C)[CH-]1.CC1(C)c2ccccc2[N-]c2ccccc21.[Au]. The number of nitrogens with zero attached hydrogens (tertiary/aromatic N) is 3. The van der Waals surface area contributed by atoms with Gasteiger partial charge in [0, 0.05) is 39.2 Å². The van der Waals surface area contributed by atoms with Crippen LogP contribution < -0.4 is 9.80 Å². The molecule has 2 aliphatic rings. The molecule has 0 bridgehead atoms. The molecule has 0 aromatic heterocycles. The van der Waals surface area contributed by atoms with Crippen molar-refractivity contribution in [1.29, 1.82) is 0 Å². The molecule has 4 heteroatoms. The van der Waals surface area contributed by atoms with Gasteiger partial charge in [-0.05, 0) is 58.3 Å². The summed E-state index contributed by atoms with van der Waals surface area (Å²) in [6, 6.07) is 30.3. The van der Waals surface area contributed by atoms with Gasteiger partial charge in [0.15, 0.2) is 0 Å². The van der Waals surface area contributed by atoms with E-state index in [-0.39, 0.29) is 27.8 Å². The van der Waals surface area contributed by atoms with E-state index in [0.29, 0.717) is 23.7 Å². The molecule has 2 heterocycles. The Hall–Kier alpha value is -3.24. The predicted octanol–water partition coefficient (Wildman–Crippen LogP) is 12.8. The molecule has 0 saturated carbocycles. The van der Waals surface area contributed by atoms with Gasteiger partial charge in [-0.2, -0.15) is 0 Å². The minimum Gasteiger partial charge on any atom is -0.657 e. The molecular formula is C42H51AuN3-2. The summed E-state index contributed by atoms with van der Waals surface area (Å²) in [5.74, 6) is 1.92. The van der Waals surface area contributed by atoms with Gasteiger partial charge in [0.05, 0.1) is 0 Å². The third-order valence-electron chi connectivity index (χ3n) is 9.23. The summed E-state index contributed by atoms with van der Waals surface area (Å²) < 4.78 is 0. The van der Waals surface area contributed by atoms with Crippen LogP contribution in [0, 0.1) is 6.67 Å². The van der Waals surface area contributed by atoms with E-state index < -0.39 is 0 Å². The molecule has 6 rings (SSSR count). The molecule has 0 atom stereocenters. The van der Waals surface area contributed by atoms with Gasteiger partial charge < -0.3 is 15.1 Å². The van der Waals surface area contributed by atoms with E-state index in [1.54, 1.807) is 0 Å². The molecule has 0 amide bonds. The molecule has 0 unspecified atom stereocenters. The Morgan fingerprint density at radius 3 is 1.15 bits per heavy atom. The summed E-state index contributed by atoms with van der Waals surface area (Å²) in [7, 11) is 0. The van der Waals surface area contributed by atoms with E-state index in [0.717, 1.165) is 11.4 Å². The van der Waals surface area contributed by atoms with Crippen molar-refractivity contribution < 1.29 is 22.4 Å². The first-order valence-electron chi connectivity index (χ1n) is 16.7. The molecule has 46 heavy (non-hydrogen) atoms. The first-order chi connectivity index (χ1) is 21.4. The Morgan fingerprint density at radius 2 is 0.826 bits per heavy atom. The molecular weight excluding hydrogens is 743 g/mol. The number of anilines is 2. The molecule has 0 fully saturated rings. The first-order valence-corrected chi connectivity index (χ1v) is 16.7. The zero-order chi connectivity index (χ0) is 32.5. The summed E-state index contributed by atoms with van der Waals surface area (Å²) in [5.41, 5.74) is 13.2. The third-order valence-corrected chi connectivity index (χ3v) is 9.23. The van der Waals surface area contributed by atoms with Gasteiger partial charge in [-0.25, -0.2) is 0 Å². The van der Waals surface area contributed by atoms with Crippen molar-refractivity contribution >= 4 is 22.7 Å². The van der Waals surface area contributed by atoms with E-state index >= 15 is 0 Å². The second-order valence-electron chi connectivity index (χ2n) is 14.2. The summed E-state index contributed by atoms with van der Waals surface area (Å²) in [6.45, 7) is 25.1. The number of hydrogen-bond acceptors (Lipinski definition) is 2. The van der Waals surface area contributed by atoms with Crippen LogP contribution in [-0.2, 0) is 27.8 Å². The largest absolute Gasteiger partial charge is 0.657 e. The van der Waals surface area contributed by atoms with Crippen LogP contribution in [-0.4, -0.2) is 0 Å². The van der Waals surface area contributed by atoms with Crippen molar-refractivity contribution in [3.63, 3.8) is 0 Å². The first kappa shape index (κ1) is 35.6. The van der Waals surface area contributed by atoms with E-state index in [1.807, 2.05) is 12.1 Å². The van der Waals surface area contributed by atoms with Gasteiger partial charge in [-0.15, -0.1) is 18.0 Å². The summed E-state index contributed by atoms with van der Waals surface area (Å²) in [5, 5.41) is 4.70. The van der Waals surface area contributed by atoms with E-state index in [1.165, 1.54) is 44.8 Å². The molecule has 2 aliphatic heterocycles. The maximum atomic E-state index is 4.70. The van der Waals surface area contributed by atoms with Crippen molar-refractivity contribution in [2.45, 2.75) is 98.3 Å². The average Bonchev–Trinajstić information content (AvgIpc) is 3.50. The molecule has 4 aromatic rings. The fourth-order valence-corrected chi connectivity index (χ4v) is 6.71. The van der Waals surface area contributed by atoms with Crippen molar-refractivity contribution in [3.8, 4) is 0 Å². The topological polar surface area (TPSA) is 20.6 Å². The van der Waals surface area contributed by atoms with Gasteiger partial charge >= 0.3 is 0 Å². The molecule has 247 valence electrons. The number of benzene rings is 4. The van der Waals surface area contributed by atoms with Gasteiger partial charge in [0.2, 0.25) is 0 Å². The predicted molar refractivity (Wildman–Crippen MR) is 195 cm³/mol. The maximum absolute atomic E-state index is 4.70. The van der Waals surface area contributed by atoms with Crippen molar-refractivity contribution in [2.24, 2.45) is 0 Å². The zero-order valence-corrected chi connectivity index (χ0v) is 31.4. The molecule has 1 radical (unpaired) electrons. The summed E-state index contributed by atoms with van der Waals surface area (Å²) in [6.07, 6.45) is 4.43. The van der Waals surface area contributed by atoms with Gasteiger partial charge in [-0.3, -0.25) is 0 Å². The van der Waals surface area contributed by atoms with Crippen LogP contribution in [0.1, 0.15) is 126 Å². The Morgan fingerprint density at radius 1 is 0.500 bits per heavy atom. The smallest absolute Gasteiger partial charge is 0.0195 e. The average molecular weight is 795 g/mol. The van der Waals surface area contributed by atoms with Crippen LogP contribution in [0.3, 0.4) is 0 Å². The van der Waals surface area contributed by atoms with E-state index in [9.17, 15) is 0 Å². The van der Waals surface area contributed by atoms with E-state index in [4.69, 9.17) is 5.32 Å².